The van der Waals surface area contributed by atoms with Crippen LogP contribution in [0, 0.1) is 6.92 Å². The number of hydrogen-bond donors (Lipinski definition) is 0. The van der Waals surface area contributed by atoms with E-state index >= 15 is 0 Å². The van der Waals surface area contributed by atoms with Crippen molar-refractivity contribution in [1.29, 1.82) is 0 Å². The Morgan fingerprint density at radius 1 is 1.23 bits per heavy atom. The first kappa shape index (κ1) is 15.5. The molecule has 0 aliphatic carbocycles. The summed E-state index contributed by atoms with van der Waals surface area (Å²) in [5, 5.41) is 1.02. The van der Waals surface area contributed by atoms with Crippen LogP contribution < -0.4 is 0 Å². The van der Waals surface area contributed by atoms with Gasteiger partial charge in [0.1, 0.15) is 16.3 Å². The Morgan fingerprint density at radius 2 is 2.12 bits per heavy atom. The summed E-state index contributed by atoms with van der Waals surface area (Å²) >= 11 is 1.69. The number of rotatable bonds is 2. The Labute approximate surface area is 154 Å². The van der Waals surface area contributed by atoms with Crippen molar-refractivity contribution >= 4 is 33.1 Å². The third-order valence-corrected chi connectivity index (χ3v) is 6.08. The van der Waals surface area contributed by atoms with Gasteiger partial charge in [0.2, 0.25) is 0 Å². The van der Waals surface area contributed by atoms with Crippen LogP contribution in [0.4, 0.5) is 0 Å². The number of aryl methyl sites for hydroxylation is 1. The fraction of sp³-hybridized carbons (Fsp3) is 0.250. The average Bonchev–Trinajstić information content (AvgIpc) is 3.36. The van der Waals surface area contributed by atoms with Gasteiger partial charge in [0.05, 0.1) is 16.3 Å². The lowest BCUT2D eigenvalue weighted by Crippen LogP contribution is -2.30. The molecule has 0 radical (unpaired) electrons. The van der Waals surface area contributed by atoms with E-state index in [0.717, 1.165) is 41.1 Å². The summed E-state index contributed by atoms with van der Waals surface area (Å²) in [5.41, 5.74) is 3.46. The molecule has 26 heavy (non-hydrogen) atoms. The van der Waals surface area contributed by atoms with E-state index in [9.17, 15) is 4.79 Å². The summed E-state index contributed by atoms with van der Waals surface area (Å²) in [6.07, 6.45) is 5.73. The highest BCUT2D eigenvalue weighted by atomic mass is 32.1. The van der Waals surface area contributed by atoms with Crippen LogP contribution in [0.25, 0.3) is 15.9 Å². The number of carbonyl (C=O) groups excluding carboxylic acids is 1. The quantitative estimate of drug-likeness (QED) is 0.536. The molecular weight excluding hydrogens is 344 g/mol. The molecule has 1 amide bonds. The van der Waals surface area contributed by atoms with Crippen molar-refractivity contribution in [2.24, 2.45) is 0 Å². The fourth-order valence-corrected chi connectivity index (χ4v) is 4.75. The second kappa shape index (κ2) is 5.92. The van der Waals surface area contributed by atoms with Gasteiger partial charge >= 0.3 is 0 Å². The van der Waals surface area contributed by atoms with Gasteiger partial charge in [-0.3, -0.25) is 4.79 Å². The second-order valence-corrected chi connectivity index (χ2v) is 7.83. The third-order valence-electron chi connectivity index (χ3n) is 4.94. The molecule has 4 heterocycles. The lowest BCUT2D eigenvalue weighted by molar-refractivity contribution is 0.0730. The molecule has 1 aliphatic heterocycles. The molecule has 4 aromatic rings. The van der Waals surface area contributed by atoms with E-state index in [1.54, 1.807) is 11.3 Å². The van der Waals surface area contributed by atoms with Crippen molar-refractivity contribution in [2.75, 3.05) is 6.54 Å². The number of nitrogens with zero attached hydrogens (tertiary/aromatic N) is 4. The Kier molecular flexibility index (Phi) is 3.53. The Hall–Kier alpha value is -2.73. The van der Waals surface area contributed by atoms with Crippen molar-refractivity contribution < 1.29 is 4.79 Å². The number of likely N-dealkylation sites (tertiary alicyclic amines) is 1. The lowest BCUT2D eigenvalue weighted by Gasteiger charge is -2.22. The zero-order valence-corrected chi connectivity index (χ0v) is 15.2. The number of carbonyl (C=O) groups is 1. The molecule has 130 valence electrons. The van der Waals surface area contributed by atoms with E-state index in [1.807, 2.05) is 58.9 Å². The summed E-state index contributed by atoms with van der Waals surface area (Å²) in [5.74, 6) is -0.00638. The van der Waals surface area contributed by atoms with Gasteiger partial charge in [-0.05, 0) is 49.6 Å². The highest BCUT2D eigenvalue weighted by molar-refractivity contribution is 7.18. The van der Waals surface area contributed by atoms with Crippen LogP contribution in [-0.2, 0) is 0 Å². The summed E-state index contributed by atoms with van der Waals surface area (Å²) in [4.78, 5) is 24.4. The van der Waals surface area contributed by atoms with Crippen molar-refractivity contribution in [1.82, 2.24) is 19.3 Å². The Balaban J connectivity index is 1.49. The topological polar surface area (TPSA) is 50.5 Å². The van der Waals surface area contributed by atoms with Crippen LogP contribution in [0.1, 0.15) is 39.9 Å². The van der Waals surface area contributed by atoms with Crippen LogP contribution >= 0.6 is 11.3 Å². The molecule has 1 aliphatic rings. The van der Waals surface area contributed by atoms with E-state index in [1.165, 1.54) is 4.70 Å². The second-order valence-electron chi connectivity index (χ2n) is 6.77. The van der Waals surface area contributed by atoms with E-state index < -0.39 is 0 Å². The van der Waals surface area contributed by atoms with Gasteiger partial charge in [-0.1, -0.05) is 12.1 Å². The van der Waals surface area contributed by atoms with E-state index in [0.29, 0.717) is 5.69 Å². The minimum absolute atomic E-state index is 0.00638. The number of aromatic nitrogens is 3. The first-order valence-corrected chi connectivity index (χ1v) is 9.62. The molecule has 0 N–H and O–H groups in total. The maximum absolute atomic E-state index is 13.1. The maximum atomic E-state index is 13.1. The Morgan fingerprint density at radius 3 is 3.00 bits per heavy atom. The zero-order chi connectivity index (χ0) is 17.7. The molecular formula is C20H18N4OS. The standard InChI is InChI=1S/C20H18N4OS/c1-13-8-10-23-12-15(21-18(23)11-13)20(25)24-9-4-6-16(24)19-22-14-5-2-3-7-17(14)26-19/h2-3,5,7-8,10-12,16H,4,6,9H2,1H3. The molecule has 1 aromatic carbocycles. The summed E-state index contributed by atoms with van der Waals surface area (Å²) < 4.78 is 3.08. The highest BCUT2D eigenvalue weighted by Gasteiger charge is 2.33. The molecule has 5 nitrogen and oxygen atoms in total. The highest BCUT2D eigenvalue weighted by Crippen LogP contribution is 2.37. The van der Waals surface area contributed by atoms with Crippen LogP contribution in [0.5, 0.6) is 0 Å². The lowest BCUT2D eigenvalue weighted by atomic mass is 10.2. The number of fused-ring (bicyclic) bond motifs is 2. The third kappa shape index (κ3) is 2.49. The average molecular weight is 362 g/mol. The first-order chi connectivity index (χ1) is 12.7. The Bertz CT molecular complexity index is 1100. The van der Waals surface area contributed by atoms with Crippen molar-refractivity contribution in [3.63, 3.8) is 0 Å². The molecule has 1 unspecified atom stereocenters. The van der Waals surface area contributed by atoms with Crippen molar-refractivity contribution in [2.45, 2.75) is 25.8 Å². The van der Waals surface area contributed by atoms with Crippen LogP contribution in [0.15, 0.2) is 48.8 Å². The van der Waals surface area contributed by atoms with Crippen molar-refractivity contribution in [3.8, 4) is 0 Å². The van der Waals surface area contributed by atoms with Gasteiger partial charge in [-0.2, -0.15) is 0 Å². The number of amides is 1. The zero-order valence-electron chi connectivity index (χ0n) is 14.4. The van der Waals surface area contributed by atoms with E-state index in [2.05, 4.69) is 11.1 Å². The number of pyridine rings is 1. The predicted molar refractivity (Wildman–Crippen MR) is 103 cm³/mol. The number of hydrogen-bond acceptors (Lipinski definition) is 4. The van der Waals surface area contributed by atoms with Gasteiger partial charge in [-0.15, -0.1) is 11.3 Å². The molecule has 3 aromatic heterocycles. The van der Waals surface area contributed by atoms with Crippen LogP contribution in [0.2, 0.25) is 0 Å². The summed E-state index contributed by atoms with van der Waals surface area (Å²) in [7, 11) is 0. The molecule has 6 heteroatoms. The molecule has 1 fully saturated rings. The van der Waals surface area contributed by atoms with Gasteiger partial charge in [-0.25, -0.2) is 9.97 Å². The number of para-hydroxylation sites is 1. The summed E-state index contributed by atoms with van der Waals surface area (Å²) in [6, 6.07) is 12.2. The molecule has 0 bridgehead atoms. The van der Waals surface area contributed by atoms with Crippen LogP contribution in [0.3, 0.4) is 0 Å². The normalized spacial score (nSPS) is 17.4. The largest absolute Gasteiger partial charge is 0.328 e. The van der Waals surface area contributed by atoms with Gasteiger partial charge in [0, 0.05) is 18.9 Å². The predicted octanol–water partition coefficient (Wildman–Crippen LogP) is 4.23. The molecule has 1 atom stereocenters. The molecule has 0 saturated carbocycles. The summed E-state index contributed by atoms with van der Waals surface area (Å²) in [6.45, 7) is 2.78. The SMILES string of the molecule is Cc1ccn2cc(C(=O)N3CCCC3c3nc4ccccc4s3)nc2c1. The van der Waals surface area contributed by atoms with E-state index in [-0.39, 0.29) is 11.9 Å². The maximum Gasteiger partial charge on any atom is 0.274 e. The minimum Gasteiger partial charge on any atom is -0.328 e. The van der Waals surface area contributed by atoms with Gasteiger partial charge in [0.25, 0.3) is 5.91 Å². The smallest absolute Gasteiger partial charge is 0.274 e. The molecule has 0 spiro atoms. The molecule has 5 rings (SSSR count). The van der Waals surface area contributed by atoms with Crippen LogP contribution in [-0.4, -0.2) is 31.7 Å². The number of imidazole rings is 1. The van der Waals surface area contributed by atoms with Crippen molar-refractivity contribution in [3.05, 3.63) is 65.1 Å². The number of benzene rings is 1. The van der Waals surface area contributed by atoms with Gasteiger partial charge in [0.15, 0.2) is 0 Å². The van der Waals surface area contributed by atoms with Gasteiger partial charge < -0.3 is 9.30 Å². The first-order valence-electron chi connectivity index (χ1n) is 8.81. The minimum atomic E-state index is -0.00638. The number of thiazole rings is 1. The molecule has 1 saturated heterocycles. The fourth-order valence-electron chi connectivity index (χ4n) is 3.63. The van der Waals surface area contributed by atoms with E-state index in [4.69, 9.17) is 4.98 Å². The monoisotopic (exact) mass is 362 g/mol.